The summed E-state index contributed by atoms with van der Waals surface area (Å²) in [5.74, 6) is 0. The van der Waals surface area contributed by atoms with Crippen LogP contribution in [0.3, 0.4) is 0 Å². The van der Waals surface area contributed by atoms with Crippen molar-refractivity contribution in [3.8, 4) is 0 Å². The SMILES string of the molecule is CC(C)(C)C[C@@H](CO)NCCc1c(Cl)cccc1Cl. The van der Waals surface area contributed by atoms with E-state index in [2.05, 4.69) is 26.1 Å². The highest BCUT2D eigenvalue weighted by Crippen LogP contribution is 2.24. The number of hydrogen-bond acceptors (Lipinski definition) is 2. The summed E-state index contributed by atoms with van der Waals surface area (Å²) in [4.78, 5) is 0. The maximum absolute atomic E-state index is 9.38. The molecule has 0 bridgehead atoms. The molecule has 1 aromatic rings. The Morgan fingerprint density at radius 1 is 1.21 bits per heavy atom. The molecule has 0 unspecified atom stereocenters. The second kappa shape index (κ2) is 7.49. The molecule has 0 spiro atoms. The molecule has 2 N–H and O–H groups in total. The molecule has 0 aromatic heterocycles. The van der Waals surface area contributed by atoms with Gasteiger partial charge in [-0.2, -0.15) is 0 Å². The Labute approximate surface area is 126 Å². The van der Waals surface area contributed by atoms with Gasteiger partial charge in [-0.15, -0.1) is 0 Å². The van der Waals surface area contributed by atoms with Crippen molar-refractivity contribution in [3.05, 3.63) is 33.8 Å². The molecule has 108 valence electrons. The van der Waals surface area contributed by atoms with Crippen LogP contribution in [0.15, 0.2) is 18.2 Å². The topological polar surface area (TPSA) is 32.3 Å². The average molecular weight is 304 g/mol. The highest BCUT2D eigenvalue weighted by Gasteiger charge is 2.17. The maximum Gasteiger partial charge on any atom is 0.0584 e. The fourth-order valence-corrected chi connectivity index (χ4v) is 2.70. The van der Waals surface area contributed by atoms with Crippen LogP contribution in [0.4, 0.5) is 0 Å². The molecule has 2 nitrogen and oxygen atoms in total. The van der Waals surface area contributed by atoms with Crippen LogP contribution in [-0.4, -0.2) is 24.3 Å². The number of hydrogen-bond donors (Lipinski definition) is 2. The first-order valence-corrected chi connectivity index (χ1v) is 7.36. The zero-order valence-electron chi connectivity index (χ0n) is 11.8. The summed E-state index contributed by atoms with van der Waals surface area (Å²) in [6, 6.07) is 5.65. The van der Waals surface area contributed by atoms with Crippen molar-refractivity contribution in [3.63, 3.8) is 0 Å². The van der Waals surface area contributed by atoms with E-state index in [4.69, 9.17) is 23.2 Å². The van der Waals surface area contributed by atoms with Crippen LogP contribution < -0.4 is 5.32 Å². The van der Waals surface area contributed by atoms with E-state index in [-0.39, 0.29) is 18.1 Å². The van der Waals surface area contributed by atoms with Crippen LogP contribution in [0.1, 0.15) is 32.8 Å². The minimum absolute atomic E-state index is 0.112. The van der Waals surface area contributed by atoms with Crippen LogP contribution in [0.2, 0.25) is 10.0 Å². The normalized spacial score (nSPS) is 13.6. The third kappa shape index (κ3) is 6.13. The van der Waals surface area contributed by atoms with E-state index < -0.39 is 0 Å². The number of rotatable bonds is 6. The van der Waals surface area contributed by atoms with Crippen LogP contribution in [-0.2, 0) is 6.42 Å². The summed E-state index contributed by atoms with van der Waals surface area (Å²) in [5, 5.41) is 14.1. The first-order chi connectivity index (χ1) is 8.83. The minimum Gasteiger partial charge on any atom is -0.395 e. The Balaban J connectivity index is 2.49. The van der Waals surface area contributed by atoms with Crippen LogP contribution in [0, 0.1) is 5.41 Å². The van der Waals surface area contributed by atoms with Crippen molar-refractivity contribution in [2.24, 2.45) is 5.41 Å². The Bertz CT molecular complexity index is 381. The number of halogens is 2. The van der Waals surface area contributed by atoms with Crippen molar-refractivity contribution in [2.75, 3.05) is 13.2 Å². The third-order valence-corrected chi connectivity index (χ3v) is 3.66. The number of aliphatic hydroxyl groups excluding tert-OH is 1. The molecule has 1 aromatic carbocycles. The highest BCUT2D eigenvalue weighted by atomic mass is 35.5. The van der Waals surface area contributed by atoms with Gasteiger partial charge in [0.2, 0.25) is 0 Å². The van der Waals surface area contributed by atoms with Gasteiger partial charge in [-0.1, -0.05) is 50.0 Å². The third-order valence-electron chi connectivity index (χ3n) is 2.95. The molecule has 0 aliphatic heterocycles. The Morgan fingerprint density at radius 3 is 2.26 bits per heavy atom. The second-order valence-corrected chi connectivity index (χ2v) is 6.86. The highest BCUT2D eigenvalue weighted by molar-refractivity contribution is 6.35. The number of benzene rings is 1. The molecule has 0 radical (unpaired) electrons. The monoisotopic (exact) mass is 303 g/mol. The molecular formula is C15H23Cl2NO. The van der Waals surface area contributed by atoms with E-state index in [0.717, 1.165) is 24.9 Å². The molecule has 0 amide bonds. The Kier molecular flexibility index (Phi) is 6.61. The smallest absolute Gasteiger partial charge is 0.0584 e. The van der Waals surface area contributed by atoms with E-state index in [1.807, 2.05) is 18.2 Å². The molecule has 0 aliphatic carbocycles. The summed E-state index contributed by atoms with van der Waals surface area (Å²) in [5.41, 5.74) is 1.16. The van der Waals surface area contributed by atoms with Gasteiger partial charge in [-0.25, -0.2) is 0 Å². The van der Waals surface area contributed by atoms with Gasteiger partial charge in [-0.05, 0) is 42.5 Å². The molecule has 0 heterocycles. The van der Waals surface area contributed by atoms with Gasteiger partial charge in [0.1, 0.15) is 0 Å². The van der Waals surface area contributed by atoms with E-state index >= 15 is 0 Å². The number of aliphatic hydroxyl groups is 1. The van der Waals surface area contributed by atoms with Crippen LogP contribution in [0.25, 0.3) is 0 Å². The molecule has 0 saturated carbocycles. The second-order valence-electron chi connectivity index (χ2n) is 6.05. The zero-order chi connectivity index (χ0) is 14.5. The zero-order valence-corrected chi connectivity index (χ0v) is 13.4. The van der Waals surface area contributed by atoms with Crippen molar-refractivity contribution in [1.29, 1.82) is 0 Å². The lowest BCUT2D eigenvalue weighted by atomic mass is 9.88. The molecule has 0 saturated heterocycles. The Morgan fingerprint density at radius 2 is 1.79 bits per heavy atom. The maximum atomic E-state index is 9.38. The van der Waals surface area contributed by atoms with Gasteiger partial charge in [0.05, 0.1) is 6.61 Å². The van der Waals surface area contributed by atoms with E-state index in [0.29, 0.717) is 10.0 Å². The van der Waals surface area contributed by atoms with Crippen molar-refractivity contribution in [2.45, 2.75) is 39.7 Å². The van der Waals surface area contributed by atoms with Gasteiger partial charge < -0.3 is 10.4 Å². The first kappa shape index (κ1) is 16.8. The predicted molar refractivity (Wildman–Crippen MR) is 83.1 cm³/mol. The van der Waals surface area contributed by atoms with E-state index in [1.165, 1.54) is 0 Å². The molecular weight excluding hydrogens is 281 g/mol. The summed E-state index contributed by atoms with van der Waals surface area (Å²) in [6.07, 6.45) is 1.69. The van der Waals surface area contributed by atoms with Gasteiger partial charge in [0.25, 0.3) is 0 Å². The lowest BCUT2D eigenvalue weighted by Gasteiger charge is -2.25. The van der Waals surface area contributed by atoms with E-state index in [1.54, 1.807) is 0 Å². The molecule has 1 rings (SSSR count). The first-order valence-electron chi connectivity index (χ1n) is 6.60. The Hall–Kier alpha value is -0.280. The van der Waals surface area contributed by atoms with Gasteiger partial charge >= 0.3 is 0 Å². The summed E-state index contributed by atoms with van der Waals surface area (Å²) in [7, 11) is 0. The van der Waals surface area contributed by atoms with Crippen LogP contribution in [0.5, 0.6) is 0 Å². The van der Waals surface area contributed by atoms with Crippen LogP contribution >= 0.6 is 23.2 Å². The molecule has 1 atom stereocenters. The van der Waals surface area contributed by atoms with E-state index in [9.17, 15) is 5.11 Å². The number of nitrogens with one attached hydrogen (secondary N) is 1. The summed E-state index contributed by atoms with van der Waals surface area (Å²) in [6.45, 7) is 7.41. The molecule has 19 heavy (non-hydrogen) atoms. The average Bonchev–Trinajstić information content (AvgIpc) is 2.30. The predicted octanol–water partition coefficient (Wildman–Crippen LogP) is 3.92. The standard InChI is InChI=1S/C15H23Cl2NO/c1-15(2,3)9-11(10-19)18-8-7-12-13(16)5-4-6-14(12)17/h4-6,11,18-19H,7-10H2,1-3H3/t11-/m0/s1. The van der Waals surface area contributed by atoms with Crippen molar-refractivity contribution < 1.29 is 5.11 Å². The van der Waals surface area contributed by atoms with Crippen molar-refractivity contribution in [1.82, 2.24) is 5.32 Å². The lowest BCUT2D eigenvalue weighted by Crippen LogP contribution is -2.37. The summed E-state index contributed by atoms with van der Waals surface area (Å²) >= 11 is 12.2. The molecule has 0 aliphatic rings. The summed E-state index contributed by atoms with van der Waals surface area (Å²) < 4.78 is 0. The quantitative estimate of drug-likeness (QED) is 0.835. The minimum atomic E-state index is 0.112. The van der Waals surface area contributed by atoms with Crippen molar-refractivity contribution >= 4 is 23.2 Å². The molecule has 0 fully saturated rings. The van der Waals surface area contributed by atoms with Gasteiger partial charge in [0, 0.05) is 16.1 Å². The van der Waals surface area contributed by atoms with Gasteiger partial charge in [-0.3, -0.25) is 0 Å². The fraction of sp³-hybridized carbons (Fsp3) is 0.600. The fourth-order valence-electron chi connectivity index (χ4n) is 2.11. The molecule has 4 heteroatoms. The van der Waals surface area contributed by atoms with Gasteiger partial charge in [0.15, 0.2) is 0 Å². The lowest BCUT2D eigenvalue weighted by molar-refractivity contribution is 0.199. The largest absolute Gasteiger partial charge is 0.395 e.